The SMILES string of the molecule is C[C@H]1CCCN(C(=O)c2nc3c4c5c(sc4ncn3n2)CCC[C@H]5C)C1. The largest absolute Gasteiger partial charge is 0.336 e. The van der Waals surface area contributed by atoms with Crippen LogP contribution in [0.25, 0.3) is 15.9 Å². The molecule has 5 rings (SSSR count). The first-order valence-electron chi connectivity index (χ1n) is 9.57. The minimum atomic E-state index is -0.0504. The summed E-state index contributed by atoms with van der Waals surface area (Å²) in [7, 11) is 0. The topological polar surface area (TPSA) is 63.4 Å². The molecule has 3 aromatic rings. The van der Waals surface area contributed by atoms with Gasteiger partial charge >= 0.3 is 0 Å². The maximum atomic E-state index is 12.9. The minimum Gasteiger partial charge on any atom is -0.336 e. The summed E-state index contributed by atoms with van der Waals surface area (Å²) in [5.41, 5.74) is 2.17. The molecule has 3 aromatic heterocycles. The maximum Gasteiger partial charge on any atom is 0.293 e. The number of rotatable bonds is 1. The Morgan fingerprint density at radius 2 is 2.15 bits per heavy atom. The first kappa shape index (κ1) is 16.2. The molecule has 2 atom stereocenters. The summed E-state index contributed by atoms with van der Waals surface area (Å²) in [6.07, 6.45) is 7.51. The third kappa shape index (κ3) is 2.44. The average molecular weight is 369 g/mol. The highest BCUT2D eigenvalue weighted by molar-refractivity contribution is 7.19. The summed E-state index contributed by atoms with van der Waals surface area (Å²) in [6.45, 7) is 6.08. The fourth-order valence-electron chi connectivity index (χ4n) is 4.49. The quantitative estimate of drug-likeness (QED) is 0.657. The van der Waals surface area contributed by atoms with Crippen LogP contribution >= 0.6 is 11.3 Å². The van der Waals surface area contributed by atoms with E-state index in [0.717, 1.165) is 41.8 Å². The predicted octanol–water partition coefficient (Wildman–Crippen LogP) is 3.65. The fraction of sp³-hybridized carbons (Fsp3) is 0.579. The van der Waals surface area contributed by atoms with Gasteiger partial charge in [-0.25, -0.2) is 14.5 Å². The highest BCUT2D eigenvalue weighted by atomic mass is 32.1. The zero-order valence-electron chi connectivity index (χ0n) is 15.2. The summed E-state index contributed by atoms with van der Waals surface area (Å²) in [6, 6.07) is 0. The Kier molecular flexibility index (Phi) is 3.74. The van der Waals surface area contributed by atoms with Crippen molar-refractivity contribution in [3.05, 3.63) is 22.6 Å². The van der Waals surface area contributed by atoms with E-state index in [1.54, 1.807) is 22.2 Å². The number of carbonyl (C=O) groups excluding carboxylic acids is 1. The summed E-state index contributed by atoms with van der Waals surface area (Å²) < 4.78 is 1.69. The molecule has 1 amide bonds. The third-order valence-corrected chi connectivity index (χ3v) is 6.99. The molecule has 0 spiro atoms. The van der Waals surface area contributed by atoms with E-state index in [0.29, 0.717) is 17.7 Å². The smallest absolute Gasteiger partial charge is 0.293 e. The van der Waals surface area contributed by atoms with Crippen molar-refractivity contribution in [1.82, 2.24) is 24.5 Å². The van der Waals surface area contributed by atoms with Crippen LogP contribution in [0.4, 0.5) is 0 Å². The molecule has 0 saturated carbocycles. The molecule has 136 valence electrons. The zero-order valence-corrected chi connectivity index (χ0v) is 16.1. The summed E-state index contributed by atoms with van der Waals surface area (Å²) in [5.74, 6) is 1.31. The van der Waals surface area contributed by atoms with Crippen molar-refractivity contribution in [3.8, 4) is 0 Å². The van der Waals surface area contributed by atoms with E-state index in [2.05, 4.69) is 28.9 Å². The van der Waals surface area contributed by atoms with Gasteiger partial charge in [0.1, 0.15) is 11.2 Å². The van der Waals surface area contributed by atoms with Crippen LogP contribution in [0.5, 0.6) is 0 Å². The van der Waals surface area contributed by atoms with Crippen molar-refractivity contribution >= 4 is 33.1 Å². The third-order valence-electron chi connectivity index (χ3n) is 5.81. The van der Waals surface area contributed by atoms with Gasteiger partial charge in [0.25, 0.3) is 5.91 Å². The number of likely N-dealkylation sites (tertiary alicyclic amines) is 1. The van der Waals surface area contributed by atoms with E-state index in [4.69, 9.17) is 0 Å². The van der Waals surface area contributed by atoms with Gasteiger partial charge in [0.2, 0.25) is 5.82 Å². The van der Waals surface area contributed by atoms with Gasteiger partial charge in [0.15, 0.2) is 5.65 Å². The van der Waals surface area contributed by atoms with Gasteiger partial charge in [-0.3, -0.25) is 4.79 Å². The van der Waals surface area contributed by atoms with E-state index in [-0.39, 0.29) is 5.91 Å². The number of hydrogen-bond acceptors (Lipinski definition) is 5. The highest BCUT2D eigenvalue weighted by Crippen LogP contribution is 2.42. The first-order valence-corrected chi connectivity index (χ1v) is 10.4. The van der Waals surface area contributed by atoms with Crippen molar-refractivity contribution in [1.29, 1.82) is 0 Å². The van der Waals surface area contributed by atoms with Crippen LogP contribution in [0.15, 0.2) is 6.33 Å². The Bertz CT molecular complexity index is 1010. The fourth-order valence-corrected chi connectivity index (χ4v) is 5.79. The number of thiophene rings is 1. The molecule has 0 unspecified atom stereocenters. The zero-order chi connectivity index (χ0) is 17.8. The first-order chi connectivity index (χ1) is 12.6. The van der Waals surface area contributed by atoms with E-state index < -0.39 is 0 Å². The predicted molar refractivity (Wildman–Crippen MR) is 102 cm³/mol. The number of nitrogens with zero attached hydrogens (tertiary/aromatic N) is 5. The lowest BCUT2D eigenvalue weighted by Crippen LogP contribution is -2.39. The second-order valence-corrected chi connectivity index (χ2v) is 8.94. The Balaban J connectivity index is 1.62. The monoisotopic (exact) mass is 369 g/mol. The Hall–Kier alpha value is -2.02. The number of aryl methyl sites for hydroxylation is 1. The standard InChI is InChI=1S/C19H23N5OS/c1-11-5-4-8-23(9-11)19(25)16-21-17-15-14-12(2)6-3-7-13(14)26-18(15)20-10-24(17)22-16/h10-12H,3-9H2,1-2H3/t11-,12+/m0/s1. The van der Waals surface area contributed by atoms with Crippen LogP contribution in [0.3, 0.4) is 0 Å². The number of hydrogen-bond donors (Lipinski definition) is 0. The molecule has 1 aliphatic carbocycles. The van der Waals surface area contributed by atoms with Gasteiger partial charge in [-0.05, 0) is 49.5 Å². The van der Waals surface area contributed by atoms with E-state index in [1.165, 1.54) is 29.7 Å². The molecule has 2 aliphatic rings. The summed E-state index contributed by atoms with van der Waals surface area (Å²) in [4.78, 5) is 26.6. The second-order valence-electron chi connectivity index (χ2n) is 7.86. The van der Waals surface area contributed by atoms with Gasteiger partial charge in [0.05, 0.1) is 5.39 Å². The van der Waals surface area contributed by atoms with Crippen molar-refractivity contribution < 1.29 is 4.79 Å². The molecule has 1 fully saturated rings. The second kappa shape index (κ2) is 6.01. The van der Waals surface area contributed by atoms with Gasteiger partial charge in [-0.2, -0.15) is 0 Å². The van der Waals surface area contributed by atoms with Gasteiger partial charge in [-0.15, -0.1) is 16.4 Å². The number of aromatic nitrogens is 4. The number of amides is 1. The molecule has 1 saturated heterocycles. The van der Waals surface area contributed by atoms with E-state index in [9.17, 15) is 4.79 Å². The molecule has 26 heavy (non-hydrogen) atoms. The lowest BCUT2D eigenvalue weighted by atomic mass is 9.87. The number of piperidine rings is 1. The Morgan fingerprint density at radius 3 is 3.00 bits per heavy atom. The van der Waals surface area contributed by atoms with Gasteiger partial charge in [0, 0.05) is 18.0 Å². The van der Waals surface area contributed by atoms with E-state index >= 15 is 0 Å². The Labute approximate surface area is 156 Å². The minimum absolute atomic E-state index is 0.0504. The maximum absolute atomic E-state index is 12.9. The van der Waals surface area contributed by atoms with E-state index in [1.807, 2.05) is 4.90 Å². The molecule has 0 radical (unpaired) electrons. The molecule has 0 aromatic carbocycles. The van der Waals surface area contributed by atoms with Gasteiger partial charge in [-0.1, -0.05) is 13.8 Å². The molecular formula is C19H23N5OS. The molecule has 0 N–H and O–H groups in total. The van der Waals surface area contributed by atoms with Crippen molar-refractivity contribution in [3.63, 3.8) is 0 Å². The lowest BCUT2D eigenvalue weighted by Gasteiger charge is -2.29. The number of carbonyl (C=O) groups is 1. The van der Waals surface area contributed by atoms with Crippen LogP contribution < -0.4 is 0 Å². The molecule has 4 heterocycles. The normalized spacial score (nSPS) is 23.5. The van der Waals surface area contributed by atoms with Crippen LogP contribution in [-0.4, -0.2) is 43.5 Å². The van der Waals surface area contributed by atoms with Crippen LogP contribution in [0, 0.1) is 5.92 Å². The van der Waals surface area contributed by atoms with Crippen LogP contribution in [-0.2, 0) is 6.42 Å². The summed E-state index contributed by atoms with van der Waals surface area (Å²) >= 11 is 1.78. The number of fused-ring (bicyclic) bond motifs is 5. The highest BCUT2D eigenvalue weighted by Gasteiger charge is 2.28. The van der Waals surface area contributed by atoms with Crippen LogP contribution in [0.2, 0.25) is 0 Å². The molecule has 0 bridgehead atoms. The molecule has 7 heteroatoms. The van der Waals surface area contributed by atoms with Crippen molar-refractivity contribution in [2.75, 3.05) is 13.1 Å². The molecular weight excluding hydrogens is 346 g/mol. The summed E-state index contributed by atoms with van der Waals surface area (Å²) in [5, 5.41) is 5.58. The Morgan fingerprint density at radius 1 is 1.27 bits per heavy atom. The van der Waals surface area contributed by atoms with Crippen molar-refractivity contribution in [2.24, 2.45) is 5.92 Å². The van der Waals surface area contributed by atoms with Crippen molar-refractivity contribution in [2.45, 2.75) is 51.9 Å². The molecule has 1 aliphatic heterocycles. The van der Waals surface area contributed by atoms with Crippen LogP contribution in [0.1, 0.15) is 66.5 Å². The van der Waals surface area contributed by atoms with Gasteiger partial charge < -0.3 is 4.90 Å². The average Bonchev–Trinajstić information content (AvgIpc) is 3.22. The molecule has 6 nitrogen and oxygen atoms in total. The lowest BCUT2D eigenvalue weighted by molar-refractivity contribution is 0.0671.